The first kappa shape index (κ1) is 20.4. The topological polar surface area (TPSA) is 109 Å². The van der Waals surface area contributed by atoms with E-state index in [1.165, 1.54) is 5.56 Å². The summed E-state index contributed by atoms with van der Waals surface area (Å²) in [6, 6.07) is 14.0. The molecular formula is C22H26N8O. The Balaban J connectivity index is 1.25. The van der Waals surface area contributed by atoms with Gasteiger partial charge in [-0.25, -0.2) is 9.67 Å². The Bertz CT molecular complexity index is 1070. The molecule has 0 unspecified atom stereocenters. The number of rotatable bonds is 9. The predicted molar refractivity (Wildman–Crippen MR) is 119 cm³/mol. The molecule has 0 fully saturated rings. The fourth-order valence-corrected chi connectivity index (χ4v) is 3.10. The molecule has 0 bridgehead atoms. The summed E-state index contributed by atoms with van der Waals surface area (Å²) in [7, 11) is 0. The van der Waals surface area contributed by atoms with Crippen molar-refractivity contribution >= 4 is 5.96 Å². The number of H-pyrrole nitrogens is 1. The van der Waals surface area contributed by atoms with Gasteiger partial charge in [0, 0.05) is 38.4 Å². The normalized spacial score (nSPS) is 11.6. The summed E-state index contributed by atoms with van der Waals surface area (Å²) < 4.78 is 7.17. The zero-order valence-corrected chi connectivity index (χ0v) is 17.5. The molecule has 1 aromatic carbocycles. The lowest BCUT2D eigenvalue weighted by Gasteiger charge is -2.11. The average Bonchev–Trinajstić information content (AvgIpc) is 3.56. The van der Waals surface area contributed by atoms with Crippen LogP contribution in [0.1, 0.15) is 18.3 Å². The molecule has 0 aliphatic rings. The monoisotopic (exact) mass is 418 g/mol. The highest BCUT2D eigenvalue weighted by Gasteiger charge is 2.08. The van der Waals surface area contributed by atoms with Gasteiger partial charge in [-0.3, -0.25) is 10.1 Å². The summed E-state index contributed by atoms with van der Waals surface area (Å²) in [5, 5.41) is 18.0. The van der Waals surface area contributed by atoms with Gasteiger partial charge in [0.25, 0.3) is 0 Å². The maximum absolute atomic E-state index is 5.32. The van der Waals surface area contributed by atoms with Crippen molar-refractivity contribution in [3.05, 3.63) is 72.5 Å². The summed E-state index contributed by atoms with van der Waals surface area (Å²) in [6.07, 6.45) is 6.89. The van der Waals surface area contributed by atoms with Crippen molar-refractivity contribution in [3.8, 4) is 17.3 Å². The molecule has 0 radical (unpaired) electrons. The summed E-state index contributed by atoms with van der Waals surface area (Å²) >= 11 is 0. The van der Waals surface area contributed by atoms with E-state index in [9.17, 15) is 0 Å². The van der Waals surface area contributed by atoms with Crippen molar-refractivity contribution in [1.82, 2.24) is 35.6 Å². The third-order valence-corrected chi connectivity index (χ3v) is 4.65. The van der Waals surface area contributed by atoms with E-state index in [2.05, 4.69) is 67.1 Å². The first-order chi connectivity index (χ1) is 15.3. The lowest BCUT2D eigenvalue weighted by molar-refractivity contribution is 0.577. The van der Waals surface area contributed by atoms with Crippen LogP contribution in [0.25, 0.3) is 17.3 Å². The van der Waals surface area contributed by atoms with Crippen LogP contribution in [0.2, 0.25) is 0 Å². The molecule has 9 nitrogen and oxygen atoms in total. The molecule has 0 atom stereocenters. The minimum atomic E-state index is 0.563. The first-order valence-corrected chi connectivity index (χ1v) is 10.4. The number of nitrogens with zero attached hydrogens (tertiary/aromatic N) is 5. The van der Waals surface area contributed by atoms with Crippen LogP contribution < -0.4 is 10.6 Å². The Morgan fingerprint density at radius 1 is 1.13 bits per heavy atom. The second kappa shape index (κ2) is 10.2. The molecule has 0 amide bonds. The third kappa shape index (κ3) is 5.59. The SMILES string of the molecule is CCNC(=NCCc1nc(-c2ccco2)n[nH]1)NCCc1ccc(-n2cccn2)cc1. The van der Waals surface area contributed by atoms with E-state index in [1.807, 2.05) is 29.1 Å². The highest BCUT2D eigenvalue weighted by molar-refractivity contribution is 5.79. The van der Waals surface area contributed by atoms with Crippen molar-refractivity contribution in [2.45, 2.75) is 19.8 Å². The number of aliphatic imine (C=N–C) groups is 1. The third-order valence-electron chi connectivity index (χ3n) is 4.65. The molecule has 4 aromatic rings. The molecule has 0 saturated heterocycles. The highest BCUT2D eigenvalue weighted by Crippen LogP contribution is 2.14. The average molecular weight is 419 g/mol. The van der Waals surface area contributed by atoms with Gasteiger partial charge in [-0.05, 0) is 49.2 Å². The van der Waals surface area contributed by atoms with Gasteiger partial charge in [-0.15, -0.1) is 0 Å². The number of hydrogen-bond acceptors (Lipinski definition) is 5. The Labute approximate surface area is 180 Å². The number of aromatic nitrogens is 5. The molecule has 3 aromatic heterocycles. The van der Waals surface area contributed by atoms with Crippen molar-refractivity contribution in [1.29, 1.82) is 0 Å². The van der Waals surface area contributed by atoms with E-state index < -0.39 is 0 Å². The molecule has 3 heterocycles. The van der Waals surface area contributed by atoms with Crippen LogP contribution in [-0.4, -0.2) is 50.6 Å². The van der Waals surface area contributed by atoms with E-state index in [1.54, 1.807) is 12.5 Å². The molecule has 9 heteroatoms. The van der Waals surface area contributed by atoms with Crippen LogP contribution in [-0.2, 0) is 12.8 Å². The van der Waals surface area contributed by atoms with Crippen LogP contribution >= 0.6 is 0 Å². The molecule has 0 aliphatic heterocycles. The zero-order chi connectivity index (χ0) is 21.3. The van der Waals surface area contributed by atoms with Gasteiger partial charge in [0.1, 0.15) is 5.82 Å². The van der Waals surface area contributed by atoms with Crippen LogP contribution in [0, 0.1) is 0 Å². The summed E-state index contributed by atoms with van der Waals surface area (Å²) in [6.45, 7) is 4.24. The predicted octanol–water partition coefficient (Wildman–Crippen LogP) is 2.59. The first-order valence-electron chi connectivity index (χ1n) is 10.4. The van der Waals surface area contributed by atoms with E-state index in [0.29, 0.717) is 24.6 Å². The van der Waals surface area contributed by atoms with E-state index >= 15 is 0 Å². The number of guanidine groups is 1. The second-order valence-corrected chi connectivity index (χ2v) is 6.89. The number of aromatic amines is 1. The molecule has 160 valence electrons. The number of benzene rings is 1. The van der Waals surface area contributed by atoms with Gasteiger partial charge in [-0.1, -0.05) is 12.1 Å². The lowest BCUT2D eigenvalue weighted by Crippen LogP contribution is -2.38. The Kier molecular flexibility index (Phi) is 6.74. The fourth-order valence-electron chi connectivity index (χ4n) is 3.10. The van der Waals surface area contributed by atoms with Gasteiger partial charge in [0.15, 0.2) is 11.7 Å². The van der Waals surface area contributed by atoms with Gasteiger partial charge < -0.3 is 15.1 Å². The van der Waals surface area contributed by atoms with Gasteiger partial charge >= 0.3 is 0 Å². The van der Waals surface area contributed by atoms with Crippen molar-refractivity contribution in [3.63, 3.8) is 0 Å². The number of hydrogen-bond donors (Lipinski definition) is 3. The van der Waals surface area contributed by atoms with Crippen LogP contribution in [0.5, 0.6) is 0 Å². The number of nitrogens with one attached hydrogen (secondary N) is 3. The van der Waals surface area contributed by atoms with Gasteiger partial charge in [0.2, 0.25) is 5.82 Å². The lowest BCUT2D eigenvalue weighted by atomic mass is 10.1. The Morgan fingerprint density at radius 3 is 2.77 bits per heavy atom. The number of furan rings is 1. The molecule has 31 heavy (non-hydrogen) atoms. The Morgan fingerprint density at radius 2 is 2.03 bits per heavy atom. The van der Waals surface area contributed by atoms with E-state index in [-0.39, 0.29) is 0 Å². The fraction of sp³-hybridized carbons (Fsp3) is 0.273. The van der Waals surface area contributed by atoms with Crippen LogP contribution in [0.4, 0.5) is 0 Å². The Hall–Kier alpha value is -3.88. The molecule has 3 N–H and O–H groups in total. The molecule has 0 aliphatic carbocycles. The largest absolute Gasteiger partial charge is 0.461 e. The second-order valence-electron chi connectivity index (χ2n) is 6.89. The van der Waals surface area contributed by atoms with Gasteiger partial charge in [-0.2, -0.15) is 10.2 Å². The molecular weight excluding hydrogens is 392 g/mol. The molecule has 0 saturated carbocycles. The minimum absolute atomic E-state index is 0.563. The van der Waals surface area contributed by atoms with Crippen LogP contribution in [0.3, 0.4) is 0 Å². The minimum Gasteiger partial charge on any atom is -0.461 e. The summed E-state index contributed by atoms with van der Waals surface area (Å²) in [5.74, 6) is 2.79. The standard InChI is InChI=1S/C22H26N8O/c1-2-23-22(25-14-11-20-27-21(29-28-20)19-5-3-16-31-19)24-13-10-17-6-8-18(9-7-17)30-15-4-12-26-30/h3-9,12,15-16H,2,10-11,13-14H2,1H3,(H2,23,24,25)(H,27,28,29). The van der Waals surface area contributed by atoms with Gasteiger partial charge in [0.05, 0.1) is 12.0 Å². The summed E-state index contributed by atoms with van der Waals surface area (Å²) in [4.78, 5) is 9.08. The maximum atomic E-state index is 5.32. The zero-order valence-electron chi connectivity index (χ0n) is 17.5. The molecule has 0 spiro atoms. The van der Waals surface area contributed by atoms with E-state index in [0.717, 1.165) is 37.0 Å². The smallest absolute Gasteiger partial charge is 0.216 e. The van der Waals surface area contributed by atoms with Crippen molar-refractivity contribution in [2.75, 3.05) is 19.6 Å². The quantitative estimate of drug-likeness (QED) is 0.285. The maximum Gasteiger partial charge on any atom is 0.216 e. The highest BCUT2D eigenvalue weighted by atomic mass is 16.3. The van der Waals surface area contributed by atoms with Crippen LogP contribution in [0.15, 0.2) is 70.5 Å². The van der Waals surface area contributed by atoms with Crippen molar-refractivity contribution < 1.29 is 4.42 Å². The van der Waals surface area contributed by atoms with E-state index in [4.69, 9.17) is 4.42 Å². The van der Waals surface area contributed by atoms with Crippen molar-refractivity contribution in [2.24, 2.45) is 4.99 Å². The molecule has 4 rings (SSSR count). The summed E-state index contributed by atoms with van der Waals surface area (Å²) in [5.41, 5.74) is 2.31.